The Bertz CT molecular complexity index is 1870. The lowest BCUT2D eigenvalue weighted by atomic mass is 10.0. The molecule has 11 nitrogen and oxygen atoms in total. The average Bonchev–Trinajstić information content (AvgIpc) is 3.26. The summed E-state index contributed by atoms with van der Waals surface area (Å²) in [7, 11) is -3.61. The standard InChI is InChI=1S/C25H29ClFN7O4S3/c1-14(27)23-30-31-24(39-23)22-29-21(26)20-18(11-16(13-34(20)22)41(37,38)32-25(2)7-8-25)17-6-5-15(12-19(17)35)40(28,36)10-9-33(3)4/h5-6,11-14,28,32,35H,7-10H2,1-4H3. The molecule has 3 heterocycles. The minimum absolute atomic E-state index is 0.00939. The van der Waals surface area contributed by atoms with Crippen molar-refractivity contribution in [1.29, 1.82) is 4.78 Å². The molecule has 1 aliphatic carbocycles. The number of alkyl halides is 1. The minimum atomic E-state index is -4.03. The second-order valence-corrected chi connectivity index (χ2v) is 15.9. The van der Waals surface area contributed by atoms with E-state index in [-0.39, 0.29) is 58.9 Å². The molecule has 220 valence electrons. The molecule has 0 saturated heterocycles. The SMILES string of the molecule is CC(F)c1nnc(-c2nc(Cl)c3c(-c4ccc(S(=N)(=O)CCN(C)C)cc4O)cc(S(=O)(=O)NC4(C)CC4)cn23)s1. The number of nitrogens with zero attached hydrogens (tertiary/aromatic N) is 5. The maximum absolute atomic E-state index is 13.9. The van der Waals surface area contributed by atoms with E-state index in [9.17, 15) is 22.1 Å². The molecule has 0 spiro atoms. The number of fused-ring (bicyclic) bond motifs is 1. The number of benzene rings is 1. The van der Waals surface area contributed by atoms with Crippen LogP contribution in [0.3, 0.4) is 0 Å². The van der Waals surface area contributed by atoms with Crippen molar-refractivity contribution in [1.82, 2.24) is 29.2 Å². The van der Waals surface area contributed by atoms with Crippen molar-refractivity contribution in [3.8, 4) is 27.7 Å². The van der Waals surface area contributed by atoms with Gasteiger partial charge in [-0.2, -0.15) is 0 Å². The van der Waals surface area contributed by atoms with Crippen LogP contribution in [0.2, 0.25) is 5.15 Å². The fourth-order valence-electron chi connectivity index (χ4n) is 4.18. The third kappa shape index (κ3) is 5.96. The first-order chi connectivity index (χ1) is 19.1. The second kappa shape index (κ2) is 10.5. The fraction of sp³-hybridized carbons (Fsp3) is 0.400. The quantitative estimate of drug-likeness (QED) is 0.225. The number of phenols is 1. The molecule has 0 radical (unpaired) electrons. The largest absolute Gasteiger partial charge is 0.507 e. The number of hydrogen-bond donors (Lipinski definition) is 3. The molecular formula is C25H29ClFN7O4S3. The summed E-state index contributed by atoms with van der Waals surface area (Å²) in [6, 6.07) is 5.60. The maximum atomic E-state index is 13.9. The van der Waals surface area contributed by atoms with Crippen LogP contribution in [0.15, 0.2) is 40.3 Å². The summed E-state index contributed by atoms with van der Waals surface area (Å²) in [6.45, 7) is 3.56. The molecule has 3 aromatic heterocycles. The topological polar surface area (TPSA) is 154 Å². The van der Waals surface area contributed by atoms with Crippen LogP contribution >= 0.6 is 22.9 Å². The zero-order valence-electron chi connectivity index (χ0n) is 22.7. The number of aromatic hydroxyl groups is 1. The van der Waals surface area contributed by atoms with Gasteiger partial charge in [0, 0.05) is 35.2 Å². The molecule has 16 heteroatoms. The Morgan fingerprint density at radius 1 is 1.22 bits per heavy atom. The number of phenolic OH excluding ortho intramolecular Hbond substituents is 1. The van der Waals surface area contributed by atoms with Crippen LogP contribution in [0.1, 0.15) is 37.9 Å². The average molecular weight is 642 g/mol. The van der Waals surface area contributed by atoms with E-state index in [4.69, 9.17) is 16.4 Å². The van der Waals surface area contributed by atoms with Gasteiger partial charge in [-0.1, -0.05) is 22.9 Å². The normalized spacial score (nSPS) is 17.1. The summed E-state index contributed by atoms with van der Waals surface area (Å²) < 4.78 is 66.4. The summed E-state index contributed by atoms with van der Waals surface area (Å²) in [5.41, 5.74) is 0.139. The molecule has 5 rings (SSSR count). The van der Waals surface area contributed by atoms with Gasteiger partial charge in [0.2, 0.25) is 10.0 Å². The molecule has 1 fully saturated rings. The van der Waals surface area contributed by atoms with Gasteiger partial charge in [0.25, 0.3) is 0 Å². The molecule has 0 amide bonds. The Hall–Kier alpha value is -2.69. The van der Waals surface area contributed by atoms with Crippen LogP contribution < -0.4 is 4.72 Å². The summed E-state index contributed by atoms with van der Waals surface area (Å²) in [5.74, 6) is -0.0890. The maximum Gasteiger partial charge on any atom is 0.242 e. The zero-order valence-corrected chi connectivity index (χ0v) is 25.9. The number of aromatic nitrogens is 4. The number of hydrogen-bond acceptors (Lipinski definition) is 10. The van der Waals surface area contributed by atoms with Gasteiger partial charge < -0.3 is 10.0 Å². The first-order valence-corrected chi connectivity index (χ1v) is 17.0. The van der Waals surface area contributed by atoms with Crippen molar-refractivity contribution in [2.75, 3.05) is 26.4 Å². The Balaban J connectivity index is 1.71. The summed E-state index contributed by atoms with van der Waals surface area (Å²) in [5, 5.41) is 19.3. The van der Waals surface area contributed by atoms with Crippen LogP contribution in [-0.2, 0) is 19.8 Å². The number of halogens is 2. The Labute approximate surface area is 246 Å². The highest BCUT2D eigenvalue weighted by Gasteiger charge is 2.41. The van der Waals surface area contributed by atoms with E-state index in [1.54, 1.807) is 0 Å². The third-order valence-electron chi connectivity index (χ3n) is 6.80. The van der Waals surface area contributed by atoms with E-state index in [2.05, 4.69) is 19.9 Å². The van der Waals surface area contributed by atoms with E-state index in [0.717, 1.165) is 11.3 Å². The highest BCUT2D eigenvalue weighted by molar-refractivity contribution is 7.92. The van der Waals surface area contributed by atoms with Crippen molar-refractivity contribution >= 4 is 48.2 Å². The first kappa shape index (κ1) is 29.8. The lowest BCUT2D eigenvalue weighted by Gasteiger charge is -2.16. The second-order valence-electron chi connectivity index (χ2n) is 10.6. The molecule has 0 bridgehead atoms. The Kier molecular flexibility index (Phi) is 7.66. The molecule has 3 N–H and O–H groups in total. The molecule has 1 saturated carbocycles. The number of nitrogens with one attached hydrogen (secondary N) is 2. The van der Waals surface area contributed by atoms with Crippen LogP contribution in [0.4, 0.5) is 4.39 Å². The molecule has 2 atom stereocenters. The zero-order chi connectivity index (χ0) is 29.9. The summed E-state index contributed by atoms with van der Waals surface area (Å²) in [4.78, 5) is 6.23. The fourth-order valence-corrected chi connectivity index (χ4v) is 8.15. The number of rotatable bonds is 10. The molecule has 0 aliphatic heterocycles. The Morgan fingerprint density at radius 2 is 1.93 bits per heavy atom. The summed E-state index contributed by atoms with van der Waals surface area (Å²) >= 11 is 7.55. The van der Waals surface area contributed by atoms with Gasteiger partial charge >= 0.3 is 0 Å². The van der Waals surface area contributed by atoms with Gasteiger partial charge in [-0.15, -0.1) is 10.2 Å². The van der Waals surface area contributed by atoms with E-state index >= 15 is 0 Å². The van der Waals surface area contributed by atoms with E-state index < -0.39 is 31.5 Å². The lowest BCUT2D eigenvalue weighted by Crippen LogP contribution is -2.34. The van der Waals surface area contributed by atoms with Gasteiger partial charge in [-0.3, -0.25) is 4.40 Å². The van der Waals surface area contributed by atoms with Gasteiger partial charge in [0.05, 0.1) is 25.0 Å². The van der Waals surface area contributed by atoms with Crippen molar-refractivity contribution < 1.29 is 22.1 Å². The van der Waals surface area contributed by atoms with E-state index in [0.29, 0.717) is 19.4 Å². The third-order valence-corrected chi connectivity index (χ3v) is 11.5. The first-order valence-electron chi connectivity index (χ1n) is 12.6. The van der Waals surface area contributed by atoms with Gasteiger partial charge in [-0.25, -0.2) is 31.5 Å². The van der Waals surface area contributed by atoms with Crippen molar-refractivity contribution in [3.05, 3.63) is 40.6 Å². The Morgan fingerprint density at radius 3 is 2.51 bits per heavy atom. The predicted octanol–water partition coefficient (Wildman–Crippen LogP) is 4.71. The van der Waals surface area contributed by atoms with Gasteiger partial charge in [0.15, 0.2) is 27.2 Å². The number of imidazole rings is 1. The minimum Gasteiger partial charge on any atom is -0.507 e. The lowest BCUT2D eigenvalue weighted by molar-refractivity contribution is 0.371. The monoisotopic (exact) mass is 641 g/mol. The highest BCUT2D eigenvalue weighted by Crippen LogP contribution is 2.41. The van der Waals surface area contributed by atoms with E-state index in [1.165, 1.54) is 41.8 Å². The molecule has 1 aliphatic rings. The van der Waals surface area contributed by atoms with Crippen LogP contribution in [0.5, 0.6) is 5.75 Å². The van der Waals surface area contributed by atoms with E-state index in [1.807, 2.05) is 25.9 Å². The van der Waals surface area contributed by atoms with Crippen molar-refractivity contribution in [2.45, 2.75) is 48.2 Å². The molecule has 41 heavy (non-hydrogen) atoms. The predicted molar refractivity (Wildman–Crippen MR) is 156 cm³/mol. The molecule has 2 unspecified atom stereocenters. The molecule has 4 aromatic rings. The van der Waals surface area contributed by atoms with Crippen LogP contribution in [-0.4, -0.2) is 74.1 Å². The van der Waals surface area contributed by atoms with Gasteiger partial charge in [0.1, 0.15) is 5.75 Å². The van der Waals surface area contributed by atoms with Crippen LogP contribution in [0.25, 0.3) is 27.5 Å². The highest BCUT2D eigenvalue weighted by atomic mass is 35.5. The molecule has 1 aromatic carbocycles. The van der Waals surface area contributed by atoms with Crippen molar-refractivity contribution in [3.63, 3.8) is 0 Å². The van der Waals surface area contributed by atoms with Crippen molar-refractivity contribution in [2.24, 2.45) is 0 Å². The number of sulfonamides is 1. The summed E-state index contributed by atoms with van der Waals surface area (Å²) in [6.07, 6.45) is 1.38. The van der Waals surface area contributed by atoms with Gasteiger partial charge in [-0.05, 0) is 65.0 Å². The smallest absolute Gasteiger partial charge is 0.242 e. The number of pyridine rings is 1. The molecular weight excluding hydrogens is 613 g/mol. The van der Waals surface area contributed by atoms with Crippen LogP contribution in [0, 0.1) is 4.78 Å².